The fourth-order valence-electron chi connectivity index (χ4n) is 2.23. The van der Waals surface area contributed by atoms with E-state index in [-0.39, 0.29) is 11.4 Å². The zero-order valence-corrected chi connectivity index (χ0v) is 13.8. The Morgan fingerprint density at radius 1 is 1.20 bits per heavy atom. The van der Waals surface area contributed by atoms with E-state index >= 15 is 0 Å². The molecule has 2 aromatic heterocycles. The third-order valence-corrected chi connectivity index (χ3v) is 4.36. The first-order valence-electron chi connectivity index (χ1n) is 7.41. The van der Waals surface area contributed by atoms with Crippen molar-refractivity contribution in [2.45, 2.75) is 6.04 Å². The van der Waals surface area contributed by atoms with Gasteiger partial charge in [-0.2, -0.15) is 0 Å². The van der Waals surface area contributed by atoms with Gasteiger partial charge in [0.1, 0.15) is 12.1 Å². The standard InChI is InChI=1S/C18H14FNO4S/c19-14-5-3-12(4-6-14)17(15-2-1-9-25-15)20-16(21)11-24-18(22)13-7-8-23-10-13/h1-10,17H,11H2,(H,20,21)/t17-/m1/s1. The summed E-state index contributed by atoms with van der Waals surface area (Å²) in [4.78, 5) is 24.8. The molecule has 25 heavy (non-hydrogen) atoms. The largest absolute Gasteiger partial charge is 0.472 e. The molecule has 0 spiro atoms. The molecular weight excluding hydrogens is 345 g/mol. The Morgan fingerprint density at radius 2 is 2.00 bits per heavy atom. The summed E-state index contributed by atoms with van der Waals surface area (Å²) in [6.45, 7) is -0.424. The maximum Gasteiger partial charge on any atom is 0.341 e. The Balaban J connectivity index is 1.67. The van der Waals surface area contributed by atoms with E-state index in [0.29, 0.717) is 0 Å². The number of hydrogen-bond acceptors (Lipinski definition) is 5. The molecule has 1 N–H and O–H groups in total. The van der Waals surface area contributed by atoms with Crippen molar-refractivity contribution in [3.63, 3.8) is 0 Å². The van der Waals surface area contributed by atoms with Gasteiger partial charge in [0.2, 0.25) is 0 Å². The maximum atomic E-state index is 13.1. The first-order chi connectivity index (χ1) is 12.1. The zero-order chi connectivity index (χ0) is 17.6. The summed E-state index contributed by atoms with van der Waals surface area (Å²) in [5.41, 5.74) is 0.972. The Kier molecular flexibility index (Phi) is 5.25. The van der Waals surface area contributed by atoms with E-state index < -0.39 is 24.5 Å². The van der Waals surface area contributed by atoms with E-state index in [1.54, 1.807) is 12.1 Å². The van der Waals surface area contributed by atoms with E-state index in [1.807, 2.05) is 17.5 Å². The molecule has 0 saturated heterocycles. The molecule has 1 aromatic carbocycles. The van der Waals surface area contributed by atoms with Crippen molar-refractivity contribution in [1.29, 1.82) is 0 Å². The molecule has 1 atom stereocenters. The van der Waals surface area contributed by atoms with Gasteiger partial charge in [0.15, 0.2) is 6.61 Å². The topological polar surface area (TPSA) is 68.5 Å². The SMILES string of the molecule is O=C(COC(=O)c1ccoc1)N[C@H](c1ccc(F)cc1)c1cccs1. The predicted molar refractivity (Wildman–Crippen MR) is 89.7 cm³/mol. The number of thiophene rings is 1. The molecule has 3 aromatic rings. The van der Waals surface area contributed by atoms with Crippen molar-refractivity contribution in [3.8, 4) is 0 Å². The number of rotatable bonds is 6. The number of amides is 1. The van der Waals surface area contributed by atoms with Gasteiger partial charge in [0.05, 0.1) is 17.9 Å². The molecule has 128 valence electrons. The number of furan rings is 1. The van der Waals surface area contributed by atoms with Crippen LogP contribution < -0.4 is 5.32 Å². The lowest BCUT2D eigenvalue weighted by Gasteiger charge is -2.18. The van der Waals surface area contributed by atoms with Crippen LogP contribution in [0, 0.1) is 5.82 Å². The lowest BCUT2D eigenvalue weighted by Crippen LogP contribution is -2.32. The smallest absolute Gasteiger partial charge is 0.341 e. The normalized spacial score (nSPS) is 11.7. The lowest BCUT2D eigenvalue weighted by molar-refractivity contribution is -0.124. The molecule has 0 aliphatic carbocycles. The summed E-state index contributed by atoms with van der Waals surface area (Å²) in [5.74, 6) is -1.45. The molecule has 2 heterocycles. The summed E-state index contributed by atoms with van der Waals surface area (Å²) in [5, 5.41) is 4.69. The second-order valence-electron chi connectivity index (χ2n) is 5.16. The number of hydrogen-bond donors (Lipinski definition) is 1. The number of benzene rings is 1. The minimum absolute atomic E-state index is 0.237. The molecule has 0 aliphatic rings. The number of esters is 1. The second kappa shape index (κ2) is 7.76. The summed E-state index contributed by atoms with van der Waals surface area (Å²) in [6.07, 6.45) is 2.59. The van der Waals surface area contributed by atoms with Crippen LogP contribution in [0.2, 0.25) is 0 Å². The van der Waals surface area contributed by atoms with Crippen LogP contribution in [-0.4, -0.2) is 18.5 Å². The third-order valence-electron chi connectivity index (χ3n) is 3.43. The monoisotopic (exact) mass is 359 g/mol. The quantitative estimate of drug-likeness (QED) is 0.684. The van der Waals surface area contributed by atoms with Crippen LogP contribution in [0.25, 0.3) is 0 Å². The van der Waals surface area contributed by atoms with Crippen molar-refractivity contribution in [3.05, 3.63) is 82.2 Å². The van der Waals surface area contributed by atoms with Gasteiger partial charge in [0.25, 0.3) is 5.91 Å². The summed E-state index contributed by atoms with van der Waals surface area (Å²) in [6, 6.07) is 10.6. The van der Waals surface area contributed by atoms with Gasteiger partial charge < -0.3 is 14.5 Å². The van der Waals surface area contributed by atoms with Crippen LogP contribution in [0.5, 0.6) is 0 Å². The molecule has 0 bridgehead atoms. The average molecular weight is 359 g/mol. The molecule has 7 heteroatoms. The van der Waals surface area contributed by atoms with Gasteiger partial charge in [-0.3, -0.25) is 4.79 Å². The van der Waals surface area contributed by atoms with Crippen LogP contribution in [-0.2, 0) is 9.53 Å². The van der Waals surface area contributed by atoms with Gasteiger partial charge in [-0.25, -0.2) is 9.18 Å². The van der Waals surface area contributed by atoms with Crippen LogP contribution in [0.1, 0.15) is 26.8 Å². The lowest BCUT2D eigenvalue weighted by atomic mass is 10.1. The maximum absolute atomic E-state index is 13.1. The Bertz CT molecular complexity index is 829. The van der Waals surface area contributed by atoms with Crippen molar-refractivity contribution in [2.75, 3.05) is 6.61 Å². The van der Waals surface area contributed by atoms with Gasteiger partial charge in [-0.05, 0) is 35.2 Å². The minimum Gasteiger partial charge on any atom is -0.472 e. The number of carbonyl (C=O) groups is 2. The van der Waals surface area contributed by atoms with Crippen molar-refractivity contribution in [2.24, 2.45) is 0 Å². The van der Waals surface area contributed by atoms with Crippen LogP contribution >= 0.6 is 11.3 Å². The Labute approximate surface area is 147 Å². The van der Waals surface area contributed by atoms with Gasteiger partial charge >= 0.3 is 5.97 Å². The molecule has 5 nitrogen and oxygen atoms in total. The predicted octanol–water partition coefficient (Wildman–Crippen LogP) is 3.54. The van der Waals surface area contributed by atoms with Crippen molar-refractivity contribution < 1.29 is 23.1 Å². The summed E-state index contributed by atoms with van der Waals surface area (Å²) < 4.78 is 22.9. The molecule has 0 radical (unpaired) electrons. The van der Waals surface area contributed by atoms with Crippen LogP contribution in [0.3, 0.4) is 0 Å². The molecule has 0 saturated carbocycles. The highest BCUT2D eigenvalue weighted by Crippen LogP contribution is 2.26. The summed E-state index contributed by atoms with van der Waals surface area (Å²) >= 11 is 1.47. The first-order valence-corrected chi connectivity index (χ1v) is 8.29. The van der Waals surface area contributed by atoms with Gasteiger partial charge in [-0.1, -0.05) is 18.2 Å². The number of nitrogens with one attached hydrogen (secondary N) is 1. The van der Waals surface area contributed by atoms with E-state index in [9.17, 15) is 14.0 Å². The molecular formula is C18H14FNO4S. The van der Waals surface area contributed by atoms with Crippen LogP contribution in [0.4, 0.5) is 4.39 Å². The first kappa shape index (κ1) is 16.9. The molecule has 0 fully saturated rings. The molecule has 0 unspecified atom stereocenters. The summed E-state index contributed by atoms with van der Waals surface area (Å²) in [7, 11) is 0. The molecule has 0 aliphatic heterocycles. The molecule has 1 amide bonds. The van der Waals surface area contributed by atoms with E-state index in [1.165, 1.54) is 42.1 Å². The van der Waals surface area contributed by atoms with Gasteiger partial charge in [0, 0.05) is 4.88 Å². The molecule has 3 rings (SSSR count). The van der Waals surface area contributed by atoms with E-state index in [4.69, 9.17) is 9.15 Å². The second-order valence-corrected chi connectivity index (χ2v) is 6.13. The number of halogens is 1. The number of carbonyl (C=O) groups excluding carboxylic acids is 2. The van der Waals surface area contributed by atoms with Gasteiger partial charge in [-0.15, -0.1) is 11.3 Å². The van der Waals surface area contributed by atoms with E-state index in [0.717, 1.165) is 10.4 Å². The number of ether oxygens (including phenoxy) is 1. The Morgan fingerprint density at radius 3 is 2.64 bits per heavy atom. The fourth-order valence-corrected chi connectivity index (χ4v) is 3.03. The van der Waals surface area contributed by atoms with Crippen molar-refractivity contribution in [1.82, 2.24) is 5.32 Å². The van der Waals surface area contributed by atoms with Crippen molar-refractivity contribution >= 4 is 23.2 Å². The average Bonchev–Trinajstić information content (AvgIpc) is 3.31. The zero-order valence-electron chi connectivity index (χ0n) is 13.0. The van der Waals surface area contributed by atoms with E-state index in [2.05, 4.69) is 5.32 Å². The van der Waals surface area contributed by atoms with Crippen LogP contribution in [0.15, 0.2) is 64.8 Å². The minimum atomic E-state index is -0.640. The third kappa shape index (κ3) is 4.33. The highest BCUT2D eigenvalue weighted by atomic mass is 32.1. The Hall–Kier alpha value is -2.93. The highest BCUT2D eigenvalue weighted by Gasteiger charge is 2.19. The highest BCUT2D eigenvalue weighted by molar-refractivity contribution is 7.10. The fraction of sp³-hybridized carbons (Fsp3) is 0.111.